The lowest BCUT2D eigenvalue weighted by Gasteiger charge is -2.31. The zero-order chi connectivity index (χ0) is 14.3. The van der Waals surface area contributed by atoms with Crippen molar-refractivity contribution >= 4 is 0 Å². The zero-order valence-electron chi connectivity index (χ0n) is 13.0. The molecule has 2 aliphatic rings. The van der Waals surface area contributed by atoms with Crippen molar-refractivity contribution in [3.05, 3.63) is 35.4 Å². The summed E-state index contributed by atoms with van der Waals surface area (Å²) >= 11 is 0. The van der Waals surface area contributed by atoms with Crippen molar-refractivity contribution in [2.45, 2.75) is 57.9 Å². The molecule has 2 fully saturated rings. The summed E-state index contributed by atoms with van der Waals surface area (Å²) in [5, 5.41) is 0. The van der Waals surface area contributed by atoms with Crippen LogP contribution in [0.2, 0.25) is 0 Å². The van der Waals surface area contributed by atoms with Crippen molar-refractivity contribution < 1.29 is 0 Å². The van der Waals surface area contributed by atoms with Gasteiger partial charge in [0, 0.05) is 6.04 Å². The number of fused-ring (bicyclic) bond motifs is 2. The van der Waals surface area contributed by atoms with E-state index in [-0.39, 0.29) is 5.41 Å². The molecule has 0 spiro atoms. The minimum Gasteiger partial charge on any atom is -0.271 e. The van der Waals surface area contributed by atoms with Gasteiger partial charge in [0.15, 0.2) is 0 Å². The van der Waals surface area contributed by atoms with Gasteiger partial charge in [-0.3, -0.25) is 11.3 Å². The van der Waals surface area contributed by atoms with Crippen LogP contribution in [-0.4, -0.2) is 0 Å². The predicted molar refractivity (Wildman–Crippen MR) is 84.1 cm³/mol. The van der Waals surface area contributed by atoms with Crippen molar-refractivity contribution in [1.29, 1.82) is 0 Å². The maximum atomic E-state index is 5.89. The van der Waals surface area contributed by atoms with Crippen LogP contribution in [0.25, 0.3) is 0 Å². The van der Waals surface area contributed by atoms with E-state index < -0.39 is 0 Å². The lowest BCUT2D eigenvalue weighted by molar-refractivity contribution is 0.252. The summed E-state index contributed by atoms with van der Waals surface area (Å²) in [6, 6.07) is 9.42. The first-order chi connectivity index (χ1) is 9.49. The highest BCUT2D eigenvalue weighted by Crippen LogP contribution is 2.52. The van der Waals surface area contributed by atoms with Crippen LogP contribution in [0, 0.1) is 17.8 Å². The Labute approximate surface area is 123 Å². The van der Waals surface area contributed by atoms with E-state index in [4.69, 9.17) is 5.84 Å². The average molecular weight is 272 g/mol. The van der Waals surface area contributed by atoms with Crippen LogP contribution in [0.3, 0.4) is 0 Å². The van der Waals surface area contributed by atoms with E-state index >= 15 is 0 Å². The van der Waals surface area contributed by atoms with Gasteiger partial charge < -0.3 is 0 Å². The molecule has 20 heavy (non-hydrogen) atoms. The van der Waals surface area contributed by atoms with Gasteiger partial charge in [-0.25, -0.2) is 0 Å². The zero-order valence-corrected chi connectivity index (χ0v) is 13.0. The third-order valence-corrected chi connectivity index (χ3v) is 5.54. The molecule has 2 heteroatoms. The normalized spacial score (nSPS) is 30.7. The SMILES string of the molecule is CC(C)(C)c1ccc(C(NN)C2CC3CCC2C3)cc1. The molecule has 0 amide bonds. The summed E-state index contributed by atoms with van der Waals surface area (Å²) in [4.78, 5) is 0. The molecule has 1 aromatic carbocycles. The molecule has 1 aromatic rings. The van der Waals surface area contributed by atoms with Crippen LogP contribution < -0.4 is 11.3 Å². The van der Waals surface area contributed by atoms with Crippen LogP contribution in [-0.2, 0) is 5.41 Å². The molecule has 3 N–H and O–H groups in total. The molecule has 0 saturated heterocycles. The Balaban J connectivity index is 1.79. The average Bonchev–Trinajstić information content (AvgIpc) is 3.02. The van der Waals surface area contributed by atoms with Gasteiger partial charge in [-0.05, 0) is 53.6 Å². The van der Waals surface area contributed by atoms with Crippen molar-refractivity contribution in [2.24, 2.45) is 23.6 Å². The highest BCUT2D eigenvalue weighted by molar-refractivity contribution is 5.30. The van der Waals surface area contributed by atoms with E-state index in [1.54, 1.807) is 0 Å². The molecule has 0 radical (unpaired) electrons. The number of hydrogen-bond acceptors (Lipinski definition) is 2. The molecule has 2 nitrogen and oxygen atoms in total. The second-order valence-corrected chi connectivity index (χ2v) is 7.86. The summed E-state index contributed by atoms with van der Waals surface area (Å²) in [6.45, 7) is 6.78. The third kappa shape index (κ3) is 2.51. The number of nitrogens with one attached hydrogen (secondary N) is 1. The molecule has 4 unspecified atom stereocenters. The van der Waals surface area contributed by atoms with E-state index in [9.17, 15) is 0 Å². The Bertz CT molecular complexity index is 457. The maximum absolute atomic E-state index is 5.89. The summed E-state index contributed by atoms with van der Waals surface area (Å²) in [5.41, 5.74) is 6.07. The molecule has 2 saturated carbocycles. The molecule has 0 aliphatic heterocycles. The Morgan fingerprint density at radius 2 is 1.80 bits per heavy atom. The lowest BCUT2D eigenvalue weighted by atomic mass is 9.79. The van der Waals surface area contributed by atoms with Gasteiger partial charge in [0.2, 0.25) is 0 Å². The summed E-state index contributed by atoms with van der Waals surface area (Å²) in [6.07, 6.45) is 5.65. The number of rotatable bonds is 3. The van der Waals surface area contributed by atoms with Crippen molar-refractivity contribution in [2.75, 3.05) is 0 Å². The third-order valence-electron chi connectivity index (χ3n) is 5.54. The van der Waals surface area contributed by atoms with Gasteiger partial charge in [0.1, 0.15) is 0 Å². The van der Waals surface area contributed by atoms with Crippen LogP contribution in [0.15, 0.2) is 24.3 Å². The Hall–Kier alpha value is -0.860. The summed E-state index contributed by atoms with van der Waals surface area (Å²) in [5.74, 6) is 8.48. The quantitative estimate of drug-likeness (QED) is 0.646. The predicted octanol–water partition coefficient (Wildman–Crippen LogP) is 3.92. The molecule has 0 aromatic heterocycles. The van der Waals surface area contributed by atoms with Gasteiger partial charge in [-0.2, -0.15) is 0 Å². The number of nitrogens with two attached hydrogens (primary N) is 1. The standard InChI is InChI=1S/C18H28N2/c1-18(2,3)15-8-6-13(7-9-15)17(20-19)16-11-12-4-5-14(16)10-12/h6-9,12,14,16-17,20H,4-5,10-11,19H2,1-3H3. The highest BCUT2D eigenvalue weighted by atomic mass is 15.2. The molecule has 4 atom stereocenters. The lowest BCUT2D eigenvalue weighted by Crippen LogP contribution is -2.35. The van der Waals surface area contributed by atoms with Gasteiger partial charge >= 0.3 is 0 Å². The summed E-state index contributed by atoms with van der Waals surface area (Å²) in [7, 11) is 0. The molecule has 2 aliphatic carbocycles. The van der Waals surface area contributed by atoms with E-state index in [0.717, 1.165) is 17.8 Å². The van der Waals surface area contributed by atoms with Gasteiger partial charge in [0.05, 0.1) is 0 Å². The molecule has 0 heterocycles. The first kappa shape index (κ1) is 14.1. The van der Waals surface area contributed by atoms with Crippen LogP contribution in [0.4, 0.5) is 0 Å². The van der Waals surface area contributed by atoms with Crippen LogP contribution >= 0.6 is 0 Å². The fourth-order valence-corrected chi connectivity index (χ4v) is 4.36. The largest absolute Gasteiger partial charge is 0.271 e. The number of hydrogen-bond donors (Lipinski definition) is 2. The summed E-state index contributed by atoms with van der Waals surface area (Å²) < 4.78 is 0. The van der Waals surface area contributed by atoms with Crippen molar-refractivity contribution in [3.63, 3.8) is 0 Å². The van der Waals surface area contributed by atoms with Crippen LogP contribution in [0.1, 0.15) is 63.6 Å². The number of benzene rings is 1. The smallest absolute Gasteiger partial charge is 0.0490 e. The minimum atomic E-state index is 0.219. The minimum absolute atomic E-state index is 0.219. The molecular formula is C18H28N2. The Kier molecular flexibility index (Phi) is 3.64. The monoisotopic (exact) mass is 272 g/mol. The van der Waals surface area contributed by atoms with Crippen molar-refractivity contribution in [1.82, 2.24) is 5.43 Å². The Morgan fingerprint density at radius 3 is 2.25 bits per heavy atom. The number of hydrazine groups is 1. The van der Waals surface area contributed by atoms with Crippen LogP contribution in [0.5, 0.6) is 0 Å². The topological polar surface area (TPSA) is 38.0 Å². The molecule has 3 rings (SSSR count). The molecular weight excluding hydrogens is 244 g/mol. The van der Waals surface area contributed by atoms with Crippen molar-refractivity contribution in [3.8, 4) is 0 Å². The van der Waals surface area contributed by atoms with Gasteiger partial charge in [-0.1, -0.05) is 51.5 Å². The maximum Gasteiger partial charge on any atom is 0.0490 e. The van der Waals surface area contributed by atoms with E-state index in [1.807, 2.05) is 0 Å². The second-order valence-electron chi connectivity index (χ2n) is 7.86. The van der Waals surface area contributed by atoms with E-state index in [1.165, 1.54) is 36.8 Å². The van der Waals surface area contributed by atoms with Gasteiger partial charge in [0.25, 0.3) is 0 Å². The van der Waals surface area contributed by atoms with E-state index in [0.29, 0.717) is 6.04 Å². The fraction of sp³-hybridized carbons (Fsp3) is 0.667. The fourth-order valence-electron chi connectivity index (χ4n) is 4.36. The van der Waals surface area contributed by atoms with E-state index in [2.05, 4.69) is 50.5 Å². The van der Waals surface area contributed by atoms with Gasteiger partial charge in [-0.15, -0.1) is 0 Å². The highest BCUT2D eigenvalue weighted by Gasteiger charge is 2.43. The molecule has 110 valence electrons. The first-order valence-electron chi connectivity index (χ1n) is 8.05. The first-order valence-corrected chi connectivity index (χ1v) is 8.05. The second kappa shape index (κ2) is 5.16. The molecule has 2 bridgehead atoms. The Morgan fingerprint density at radius 1 is 1.10 bits per heavy atom.